The zero-order valence-electron chi connectivity index (χ0n) is 14.1. The summed E-state index contributed by atoms with van der Waals surface area (Å²) < 4.78 is 0. The summed E-state index contributed by atoms with van der Waals surface area (Å²) in [5, 5.41) is 2.85. The first-order chi connectivity index (χ1) is 12.2. The molecule has 0 radical (unpaired) electrons. The lowest BCUT2D eigenvalue weighted by Gasteiger charge is -2.18. The molecule has 0 unspecified atom stereocenters. The molecule has 1 saturated heterocycles. The van der Waals surface area contributed by atoms with Gasteiger partial charge in [-0.1, -0.05) is 24.3 Å². The van der Waals surface area contributed by atoms with Gasteiger partial charge in [-0.05, 0) is 30.3 Å². The summed E-state index contributed by atoms with van der Waals surface area (Å²) in [6, 6.07) is 12.0. The maximum Gasteiger partial charge on any atom is 0.225 e. The summed E-state index contributed by atoms with van der Waals surface area (Å²) in [6.07, 6.45) is 3.78. The maximum atomic E-state index is 12.0. The van der Waals surface area contributed by atoms with Crippen molar-refractivity contribution >= 4 is 11.6 Å². The van der Waals surface area contributed by atoms with Gasteiger partial charge < -0.3 is 10.2 Å². The molecule has 0 atom stereocenters. The number of benzene rings is 1. The van der Waals surface area contributed by atoms with Gasteiger partial charge in [0, 0.05) is 25.7 Å². The Morgan fingerprint density at radius 1 is 1.24 bits per heavy atom. The van der Waals surface area contributed by atoms with Crippen LogP contribution in [0.5, 0.6) is 0 Å². The van der Waals surface area contributed by atoms with Crippen molar-refractivity contribution in [3.63, 3.8) is 0 Å². The van der Waals surface area contributed by atoms with Crippen LogP contribution < -0.4 is 27.2 Å². The number of pyridine rings is 1. The smallest absolute Gasteiger partial charge is 0.225 e. The molecule has 1 fully saturated rings. The average molecular weight is 341 g/mol. The summed E-state index contributed by atoms with van der Waals surface area (Å²) in [5.41, 5.74) is 14.8. The molecule has 0 aliphatic carbocycles. The maximum absolute atomic E-state index is 12.0. The molecule has 25 heavy (non-hydrogen) atoms. The van der Waals surface area contributed by atoms with Crippen LogP contribution in [0.3, 0.4) is 0 Å². The summed E-state index contributed by atoms with van der Waals surface area (Å²) in [4.78, 5) is 18.1. The van der Waals surface area contributed by atoms with Crippen molar-refractivity contribution in [2.75, 3.05) is 18.9 Å². The molecule has 2 aromatic rings. The molecule has 1 amide bonds. The Balaban J connectivity index is 1.46. The van der Waals surface area contributed by atoms with E-state index < -0.39 is 0 Å². The van der Waals surface area contributed by atoms with E-state index in [2.05, 4.69) is 55.3 Å². The summed E-state index contributed by atoms with van der Waals surface area (Å²) in [5.74, 6) is -0.00916. The summed E-state index contributed by atoms with van der Waals surface area (Å²) in [7, 11) is 2.01. The number of hydrogen-bond donors (Lipinski definition) is 5. The van der Waals surface area contributed by atoms with E-state index in [9.17, 15) is 4.79 Å². The fourth-order valence-electron chi connectivity index (χ4n) is 2.63. The lowest BCUT2D eigenvalue weighted by Crippen LogP contribution is -2.33. The number of hydrogen-bond acceptors (Lipinski definition) is 7. The molecule has 0 spiro atoms. The van der Waals surface area contributed by atoms with E-state index >= 15 is 0 Å². The van der Waals surface area contributed by atoms with Gasteiger partial charge in [0.1, 0.15) is 6.17 Å². The standard InChI is InChI=1S/C17H23N7O/c1-24(9-7-16(25)19-15-6-3-8-18-11-15)12-13-4-2-5-14(10-13)17-20-22-23-21-17/h2-6,8,10-11,17,20-23H,7,9,12H2,1H3,(H,19,25). The number of amides is 1. The molecule has 2 heterocycles. The van der Waals surface area contributed by atoms with Crippen LogP contribution >= 0.6 is 0 Å². The summed E-state index contributed by atoms with van der Waals surface area (Å²) in [6.45, 7) is 1.46. The molecule has 132 valence electrons. The molecule has 5 N–H and O–H groups in total. The molecule has 0 bridgehead atoms. The van der Waals surface area contributed by atoms with Gasteiger partial charge in [0.15, 0.2) is 0 Å². The molecular formula is C17H23N7O. The third-order valence-corrected chi connectivity index (χ3v) is 3.90. The molecule has 1 aliphatic heterocycles. The van der Waals surface area contributed by atoms with Gasteiger partial charge in [0.25, 0.3) is 0 Å². The van der Waals surface area contributed by atoms with E-state index in [1.165, 1.54) is 5.56 Å². The Morgan fingerprint density at radius 3 is 2.84 bits per heavy atom. The highest BCUT2D eigenvalue weighted by atomic mass is 16.1. The molecule has 8 nitrogen and oxygen atoms in total. The predicted molar refractivity (Wildman–Crippen MR) is 95.5 cm³/mol. The predicted octanol–water partition coefficient (Wildman–Crippen LogP) is 0.658. The quantitative estimate of drug-likeness (QED) is 0.505. The molecule has 3 rings (SSSR count). The Morgan fingerprint density at radius 2 is 2.08 bits per heavy atom. The van der Waals surface area contributed by atoms with Gasteiger partial charge in [-0.25, -0.2) is 10.9 Å². The molecule has 1 aromatic carbocycles. The lowest BCUT2D eigenvalue weighted by molar-refractivity contribution is -0.116. The third kappa shape index (κ3) is 5.31. The molecule has 8 heteroatoms. The first-order valence-electron chi connectivity index (χ1n) is 8.19. The van der Waals surface area contributed by atoms with Crippen molar-refractivity contribution in [3.8, 4) is 0 Å². The molecule has 0 saturated carbocycles. The Bertz CT molecular complexity index is 688. The highest BCUT2D eigenvalue weighted by molar-refractivity contribution is 5.90. The second-order valence-electron chi connectivity index (χ2n) is 5.99. The number of anilines is 1. The number of nitrogens with zero attached hydrogens (tertiary/aromatic N) is 2. The van der Waals surface area contributed by atoms with Crippen LogP contribution in [-0.4, -0.2) is 29.4 Å². The van der Waals surface area contributed by atoms with E-state index in [1.807, 2.05) is 19.2 Å². The van der Waals surface area contributed by atoms with Crippen LogP contribution in [0.4, 0.5) is 5.69 Å². The van der Waals surface area contributed by atoms with Gasteiger partial charge in [-0.2, -0.15) is 11.1 Å². The van der Waals surface area contributed by atoms with Crippen LogP contribution in [0, 0.1) is 0 Å². The second-order valence-corrected chi connectivity index (χ2v) is 5.99. The van der Waals surface area contributed by atoms with Crippen molar-refractivity contribution in [2.45, 2.75) is 19.1 Å². The Kier molecular flexibility index (Phi) is 6.04. The van der Waals surface area contributed by atoms with Gasteiger partial charge in [-0.15, -0.1) is 0 Å². The topological polar surface area (TPSA) is 93.4 Å². The zero-order valence-corrected chi connectivity index (χ0v) is 14.1. The minimum Gasteiger partial charge on any atom is -0.325 e. The van der Waals surface area contributed by atoms with E-state index in [4.69, 9.17) is 0 Å². The SMILES string of the molecule is CN(CCC(=O)Nc1cccnc1)Cc1cccc(C2NNNN2)c1. The number of carbonyl (C=O) groups excluding carboxylic acids is 1. The summed E-state index contributed by atoms with van der Waals surface area (Å²) >= 11 is 0. The van der Waals surface area contributed by atoms with E-state index in [-0.39, 0.29) is 12.1 Å². The fourth-order valence-corrected chi connectivity index (χ4v) is 2.63. The Hall–Kier alpha value is -2.36. The van der Waals surface area contributed by atoms with Crippen LogP contribution in [-0.2, 0) is 11.3 Å². The monoisotopic (exact) mass is 341 g/mol. The van der Waals surface area contributed by atoms with Crippen molar-refractivity contribution in [1.82, 2.24) is 31.8 Å². The first-order valence-corrected chi connectivity index (χ1v) is 8.19. The largest absolute Gasteiger partial charge is 0.325 e. The minimum atomic E-state index is -0.00916. The molecule has 1 aromatic heterocycles. The molecule has 1 aliphatic rings. The number of carbonyl (C=O) groups is 1. The van der Waals surface area contributed by atoms with Crippen LogP contribution in [0.2, 0.25) is 0 Å². The Labute approximate surface area is 146 Å². The number of hydrazine groups is 3. The molecular weight excluding hydrogens is 318 g/mol. The first kappa shape index (κ1) is 17.5. The van der Waals surface area contributed by atoms with Crippen molar-refractivity contribution < 1.29 is 4.79 Å². The van der Waals surface area contributed by atoms with E-state index in [0.717, 1.165) is 17.8 Å². The van der Waals surface area contributed by atoms with Crippen molar-refractivity contribution in [2.24, 2.45) is 0 Å². The second kappa shape index (κ2) is 8.65. The van der Waals surface area contributed by atoms with Gasteiger partial charge >= 0.3 is 0 Å². The van der Waals surface area contributed by atoms with E-state index in [0.29, 0.717) is 13.0 Å². The van der Waals surface area contributed by atoms with E-state index in [1.54, 1.807) is 18.5 Å². The fraction of sp³-hybridized carbons (Fsp3) is 0.294. The minimum absolute atomic E-state index is 0.00916. The lowest BCUT2D eigenvalue weighted by atomic mass is 10.1. The highest BCUT2D eigenvalue weighted by Gasteiger charge is 2.15. The van der Waals surface area contributed by atoms with Crippen LogP contribution in [0.1, 0.15) is 23.7 Å². The number of nitrogens with one attached hydrogen (secondary N) is 5. The highest BCUT2D eigenvalue weighted by Crippen LogP contribution is 2.14. The number of aromatic nitrogens is 1. The van der Waals surface area contributed by atoms with Crippen molar-refractivity contribution in [1.29, 1.82) is 0 Å². The zero-order chi connectivity index (χ0) is 17.5. The average Bonchev–Trinajstić information content (AvgIpc) is 3.16. The third-order valence-electron chi connectivity index (χ3n) is 3.90. The van der Waals surface area contributed by atoms with Gasteiger partial charge in [-0.3, -0.25) is 9.78 Å². The van der Waals surface area contributed by atoms with Crippen LogP contribution in [0.25, 0.3) is 0 Å². The van der Waals surface area contributed by atoms with Crippen LogP contribution in [0.15, 0.2) is 48.8 Å². The van der Waals surface area contributed by atoms with Crippen molar-refractivity contribution in [3.05, 3.63) is 59.9 Å². The number of rotatable bonds is 7. The van der Waals surface area contributed by atoms with Gasteiger partial charge in [0.2, 0.25) is 5.91 Å². The van der Waals surface area contributed by atoms with Gasteiger partial charge in [0.05, 0.1) is 11.9 Å². The normalized spacial score (nSPS) is 14.8.